The Morgan fingerprint density at radius 3 is 2.64 bits per heavy atom. The van der Waals surface area contributed by atoms with Crippen molar-refractivity contribution in [1.29, 1.82) is 0 Å². The summed E-state index contributed by atoms with van der Waals surface area (Å²) in [6, 6.07) is 14.4. The molecule has 2 fully saturated rings. The van der Waals surface area contributed by atoms with E-state index in [2.05, 4.69) is 29.2 Å². The standard InChI is InChI=1S/C20H24N2O3/c23-19-14-22(13-18(19)21-7-9-25-10-8-21)20(24)12-15-5-6-16-3-1-2-4-17(16)11-15/h1-6,11,18-19,23H,7-10,12-14H2/t18-,19-/m1/s1. The van der Waals surface area contributed by atoms with Crippen LogP contribution < -0.4 is 0 Å². The minimum atomic E-state index is -0.473. The number of hydrogen-bond acceptors (Lipinski definition) is 4. The number of benzene rings is 2. The summed E-state index contributed by atoms with van der Waals surface area (Å²) < 4.78 is 5.38. The molecule has 0 saturated carbocycles. The zero-order valence-corrected chi connectivity index (χ0v) is 14.3. The number of morpholine rings is 1. The summed E-state index contributed by atoms with van der Waals surface area (Å²) in [7, 11) is 0. The van der Waals surface area contributed by atoms with Crippen molar-refractivity contribution in [3.63, 3.8) is 0 Å². The molecular formula is C20H24N2O3. The predicted molar refractivity (Wildman–Crippen MR) is 96.4 cm³/mol. The number of ether oxygens (including phenoxy) is 1. The first kappa shape index (κ1) is 16.5. The Kier molecular flexibility index (Phi) is 4.70. The highest BCUT2D eigenvalue weighted by atomic mass is 16.5. The van der Waals surface area contributed by atoms with E-state index in [9.17, 15) is 9.90 Å². The lowest BCUT2D eigenvalue weighted by Crippen LogP contribution is -2.49. The third-order valence-corrected chi connectivity index (χ3v) is 5.30. The van der Waals surface area contributed by atoms with Gasteiger partial charge in [-0.25, -0.2) is 0 Å². The summed E-state index contributed by atoms with van der Waals surface area (Å²) in [5.74, 6) is 0.0880. The van der Waals surface area contributed by atoms with Crippen LogP contribution in [-0.4, -0.2) is 72.4 Å². The topological polar surface area (TPSA) is 53.0 Å². The van der Waals surface area contributed by atoms with Gasteiger partial charge in [-0.1, -0.05) is 42.5 Å². The quantitative estimate of drug-likeness (QED) is 0.915. The first-order valence-corrected chi connectivity index (χ1v) is 8.96. The number of aliphatic hydroxyl groups excluding tert-OH is 1. The molecule has 2 aromatic carbocycles. The van der Waals surface area contributed by atoms with Gasteiger partial charge in [-0.15, -0.1) is 0 Å². The zero-order chi connectivity index (χ0) is 17.2. The second-order valence-electron chi connectivity index (χ2n) is 6.94. The lowest BCUT2D eigenvalue weighted by molar-refractivity contribution is -0.129. The highest BCUT2D eigenvalue weighted by Gasteiger charge is 2.37. The number of fused-ring (bicyclic) bond motifs is 1. The number of likely N-dealkylation sites (tertiary alicyclic amines) is 1. The average molecular weight is 340 g/mol. The Balaban J connectivity index is 1.42. The molecule has 1 amide bonds. The molecule has 0 bridgehead atoms. The van der Waals surface area contributed by atoms with Crippen LogP contribution >= 0.6 is 0 Å². The molecule has 5 heteroatoms. The first-order valence-electron chi connectivity index (χ1n) is 8.96. The molecule has 0 spiro atoms. The van der Waals surface area contributed by atoms with Gasteiger partial charge in [0.05, 0.1) is 31.8 Å². The van der Waals surface area contributed by atoms with Crippen LogP contribution in [0, 0.1) is 0 Å². The lowest BCUT2D eigenvalue weighted by Gasteiger charge is -2.33. The number of amides is 1. The largest absolute Gasteiger partial charge is 0.390 e. The van der Waals surface area contributed by atoms with Gasteiger partial charge in [0.25, 0.3) is 0 Å². The molecule has 0 unspecified atom stereocenters. The molecule has 2 heterocycles. The number of carbonyl (C=O) groups excluding carboxylic acids is 1. The van der Waals surface area contributed by atoms with Crippen molar-refractivity contribution < 1.29 is 14.6 Å². The molecule has 0 radical (unpaired) electrons. The van der Waals surface area contributed by atoms with E-state index < -0.39 is 6.10 Å². The number of hydrogen-bond donors (Lipinski definition) is 1. The summed E-state index contributed by atoms with van der Waals surface area (Å²) in [5.41, 5.74) is 1.02. The lowest BCUT2D eigenvalue weighted by atomic mass is 10.0. The van der Waals surface area contributed by atoms with E-state index in [0.717, 1.165) is 24.0 Å². The van der Waals surface area contributed by atoms with Gasteiger partial charge < -0.3 is 14.7 Å². The van der Waals surface area contributed by atoms with Crippen LogP contribution in [0.4, 0.5) is 0 Å². The Bertz CT molecular complexity index is 757. The summed E-state index contributed by atoms with van der Waals surface area (Å²) in [5, 5.41) is 12.7. The molecule has 2 atom stereocenters. The van der Waals surface area contributed by atoms with Crippen molar-refractivity contribution in [2.24, 2.45) is 0 Å². The minimum Gasteiger partial charge on any atom is -0.390 e. The molecular weight excluding hydrogens is 316 g/mol. The fourth-order valence-corrected chi connectivity index (χ4v) is 3.88. The van der Waals surface area contributed by atoms with Crippen molar-refractivity contribution in [1.82, 2.24) is 9.80 Å². The second kappa shape index (κ2) is 7.12. The number of β-amino-alcohol motifs (C(OH)–C–C–N with tert-alkyl or cyclic N) is 1. The van der Waals surface area contributed by atoms with Crippen LogP contribution in [-0.2, 0) is 16.0 Å². The van der Waals surface area contributed by atoms with Crippen LogP contribution in [0.5, 0.6) is 0 Å². The van der Waals surface area contributed by atoms with Gasteiger partial charge in [-0.2, -0.15) is 0 Å². The highest BCUT2D eigenvalue weighted by Crippen LogP contribution is 2.20. The third-order valence-electron chi connectivity index (χ3n) is 5.30. The van der Waals surface area contributed by atoms with E-state index >= 15 is 0 Å². The van der Waals surface area contributed by atoms with Gasteiger partial charge >= 0.3 is 0 Å². The molecule has 25 heavy (non-hydrogen) atoms. The average Bonchev–Trinajstić information content (AvgIpc) is 3.04. The SMILES string of the molecule is O=C(Cc1ccc2ccccc2c1)N1C[C@@H](O)[C@H](N2CCOCC2)C1. The summed E-state index contributed by atoms with van der Waals surface area (Å²) in [6.45, 7) is 4.09. The first-order chi connectivity index (χ1) is 12.2. The number of carbonyl (C=O) groups is 1. The molecule has 2 aliphatic heterocycles. The van der Waals surface area contributed by atoms with Crippen LogP contribution in [0.3, 0.4) is 0 Å². The van der Waals surface area contributed by atoms with Crippen molar-refractivity contribution in [2.45, 2.75) is 18.6 Å². The Labute approximate surface area is 147 Å². The maximum absolute atomic E-state index is 12.7. The summed E-state index contributed by atoms with van der Waals surface area (Å²) >= 11 is 0. The molecule has 0 aromatic heterocycles. The van der Waals surface area contributed by atoms with Crippen LogP contribution in [0.2, 0.25) is 0 Å². The van der Waals surface area contributed by atoms with Gasteiger partial charge in [0, 0.05) is 26.2 Å². The second-order valence-corrected chi connectivity index (χ2v) is 6.94. The predicted octanol–water partition coefficient (Wildman–Crippen LogP) is 1.29. The van der Waals surface area contributed by atoms with E-state index in [0.29, 0.717) is 32.7 Å². The van der Waals surface area contributed by atoms with Crippen molar-refractivity contribution in [3.05, 3.63) is 48.0 Å². The van der Waals surface area contributed by atoms with Crippen molar-refractivity contribution in [2.75, 3.05) is 39.4 Å². The van der Waals surface area contributed by atoms with Crippen molar-refractivity contribution in [3.8, 4) is 0 Å². The fraction of sp³-hybridized carbons (Fsp3) is 0.450. The van der Waals surface area contributed by atoms with Crippen molar-refractivity contribution >= 4 is 16.7 Å². The maximum atomic E-state index is 12.7. The highest BCUT2D eigenvalue weighted by molar-refractivity contribution is 5.85. The van der Waals surface area contributed by atoms with E-state index in [1.54, 1.807) is 4.90 Å². The van der Waals surface area contributed by atoms with E-state index in [-0.39, 0.29) is 11.9 Å². The van der Waals surface area contributed by atoms with Gasteiger partial charge in [-0.3, -0.25) is 9.69 Å². The van der Waals surface area contributed by atoms with Gasteiger partial charge in [0.1, 0.15) is 0 Å². The van der Waals surface area contributed by atoms with Crippen LogP contribution in [0.15, 0.2) is 42.5 Å². The number of rotatable bonds is 3. The number of aliphatic hydroxyl groups is 1. The fourth-order valence-electron chi connectivity index (χ4n) is 3.88. The van der Waals surface area contributed by atoms with E-state index in [1.807, 2.05) is 18.2 Å². The van der Waals surface area contributed by atoms with Crippen LogP contribution in [0.1, 0.15) is 5.56 Å². The van der Waals surface area contributed by atoms with Crippen LogP contribution in [0.25, 0.3) is 10.8 Å². The van der Waals surface area contributed by atoms with Gasteiger partial charge in [0.15, 0.2) is 0 Å². The monoisotopic (exact) mass is 340 g/mol. The summed E-state index contributed by atoms with van der Waals surface area (Å²) in [6.07, 6.45) is -0.0911. The molecule has 2 saturated heterocycles. The molecule has 1 N–H and O–H groups in total. The summed E-state index contributed by atoms with van der Waals surface area (Å²) in [4.78, 5) is 16.7. The van der Waals surface area contributed by atoms with E-state index in [1.165, 1.54) is 5.39 Å². The Hall–Kier alpha value is -1.95. The third kappa shape index (κ3) is 3.54. The zero-order valence-electron chi connectivity index (χ0n) is 14.3. The molecule has 132 valence electrons. The number of nitrogens with zero attached hydrogens (tertiary/aromatic N) is 2. The maximum Gasteiger partial charge on any atom is 0.227 e. The molecule has 4 rings (SSSR count). The van der Waals surface area contributed by atoms with Gasteiger partial charge in [0.2, 0.25) is 5.91 Å². The van der Waals surface area contributed by atoms with E-state index in [4.69, 9.17) is 4.74 Å². The Morgan fingerprint density at radius 2 is 1.84 bits per heavy atom. The minimum absolute atomic E-state index is 0.0319. The molecule has 0 aliphatic carbocycles. The molecule has 5 nitrogen and oxygen atoms in total. The molecule has 2 aromatic rings. The Morgan fingerprint density at radius 1 is 1.08 bits per heavy atom. The normalized spacial score (nSPS) is 24.8. The smallest absolute Gasteiger partial charge is 0.227 e. The molecule has 2 aliphatic rings. The van der Waals surface area contributed by atoms with Gasteiger partial charge in [-0.05, 0) is 16.3 Å².